The standard InChI is InChI=1S/C29H26N4O8/c1-17(35)33-23-14-32-22-12-18(15-34)13-24(40-28(37)31-20-10-6-3-7-11-20)25(22)21(29(38,41-32)26(23)33)16-39-27(36)30-19-8-4-2-5-9-19/h2-13,15,21,23,26,38H,14,16H2,1H3,(H,30,36)(H,31,37). The van der Waals surface area contributed by atoms with E-state index in [-0.39, 0.29) is 35.4 Å². The third kappa shape index (κ3) is 4.83. The zero-order chi connectivity index (χ0) is 28.7. The highest BCUT2D eigenvalue weighted by atomic mass is 16.8. The number of anilines is 3. The number of fused-ring (bicyclic) bond motifs is 6. The molecule has 3 heterocycles. The van der Waals surface area contributed by atoms with Crippen LogP contribution >= 0.6 is 0 Å². The Morgan fingerprint density at radius 1 is 1.02 bits per heavy atom. The minimum absolute atomic E-state index is 0.0321. The van der Waals surface area contributed by atoms with Gasteiger partial charge in [-0.3, -0.25) is 20.2 Å². The summed E-state index contributed by atoms with van der Waals surface area (Å²) in [5, 5.41) is 18.6. The van der Waals surface area contributed by atoms with Gasteiger partial charge in [0.25, 0.3) is 0 Å². The molecule has 3 N–H and O–H groups in total. The zero-order valence-electron chi connectivity index (χ0n) is 21.9. The quantitative estimate of drug-likeness (QED) is 0.306. The van der Waals surface area contributed by atoms with Crippen LogP contribution in [-0.2, 0) is 14.4 Å². The molecule has 2 saturated heterocycles. The van der Waals surface area contributed by atoms with Crippen molar-refractivity contribution in [2.45, 2.75) is 30.7 Å². The lowest BCUT2D eigenvalue weighted by Gasteiger charge is -2.47. The minimum Gasteiger partial charge on any atom is -0.448 e. The fourth-order valence-corrected chi connectivity index (χ4v) is 5.58. The van der Waals surface area contributed by atoms with Crippen molar-refractivity contribution >= 4 is 41.4 Å². The number of nitrogens with zero attached hydrogens (tertiary/aromatic N) is 2. The van der Waals surface area contributed by atoms with Crippen molar-refractivity contribution in [3.8, 4) is 5.75 Å². The molecule has 12 nitrogen and oxygen atoms in total. The molecule has 0 radical (unpaired) electrons. The third-order valence-corrected chi connectivity index (χ3v) is 7.35. The molecule has 3 aromatic carbocycles. The van der Waals surface area contributed by atoms with E-state index in [0.29, 0.717) is 23.3 Å². The van der Waals surface area contributed by atoms with Crippen LogP contribution in [0.1, 0.15) is 28.8 Å². The Balaban J connectivity index is 1.36. The van der Waals surface area contributed by atoms with Crippen LogP contribution in [0.5, 0.6) is 5.75 Å². The second-order valence-electron chi connectivity index (χ2n) is 9.94. The first kappa shape index (κ1) is 26.3. The lowest BCUT2D eigenvalue weighted by molar-refractivity contribution is -0.250. The van der Waals surface area contributed by atoms with Crippen molar-refractivity contribution in [2.24, 2.45) is 0 Å². The number of nitrogens with one attached hydrogen (secondary N) is 2. The number of carbonyl (C=O) groups is 4. The number of aldehydes is 1. The van der Waals surface area contributed by atoms with Crippen LogP contribution in [0.25, 0.3) is 0 Å². The molecule has 3 aliphatic rings. The zero-order valence-corrected chi connectivity index (χ0v) is 21.9. The highest BCUT2D eigenvalue weighted by molar-refractivity contribution is 5.89. The Labute approximate surface area is 234 Å². The fraction of sp³-hybridized carbons (Fsp3) is 0.241. The van der Waals surface area contributed by atoms with Gasteiger partial charge in [-0.15, -0.1) is 0 Å². The Morgan fingerprint density at radius 2 is 1.66 bits per heavy atom. The van der Waals surface area contributed by atoms with E-state index in [1.54, 1.807) is 60.7 Å². The summed E-state index contributed by atoms with van der Waals surface area (Å²) in [5.74, 6) is -3.42. The van der Waals surface area contributed by atoms with Crippen LogP contribution in [-0.4, -0.2) is 65.4 Å². The normalized spacial score (nSPS) is 23.4. The molecule has 2 bridgehead atoms. The molecule has 2 fully saturated rings. The third-order valence-electron chi connectivity index (χ3n) is 7.35. The first-order chi connectivity index (χ1) is 19.8. The van der Waals surface area contributed by atoms with Crippen molar-refractivity contribution < 1.29 is 38.6 Å². The number of aliphatic hydroxyl groups is 1. The van der Waals surface area contributed by atoms with Gasteiger partial charge in [0.1, 0.15) is 24.7 Å². The molecule has 41 heavy (non-hydrogen) atoms. The summed E-state index contributed by atoms with van der Waals surface area (Å²) in [4.78, 5) is 57.3. The number of hydrogen-bond donors (Lipinski definition) is 3. The second-order valence-corrected chi connectivity index (χ2v) is 9.94. The molecule has 0 aliphatic carbocycles. The van der Waals surface area contributed by atoms with Gasteiger partial charge in [-0.25, -0.2) is 19.5 Å². The van der Waals surface area contributed by atoms with Gasteiger partial charge >= 0.3 is 12.2 Å². The lowest BCUT2D eigenvalue weighted by atomic mass is 9.82. The number of rotatable bonds is 6. The average Bonchev–Trinajstić information content (AvgIpc) is 3.70. The molecule has 6 rings (SSSR count). The topological polar surface area (TPSA) is 147 Å². The van der Waals surface area contributed by atoms with Crippen LogP contribution < -0.4 is 20.4 Å². The Kier molecular flexibility index (Phi) is 6.56. The van der Waals surface area contributed by atoms with E-state index in [1.807, 2.05) is 0 Å². The predicted octanol–water partition coefficient (Wildman–Crippen LogP) is 3.50. The maximum absolute atomic E-state index is 12.9. The van der Waals surface area contributed by atoms with E-state index in [4.69, 9.17) is 14.3 Å². The number of para-hydroxylation sites is 2. The van der Waals surface area contributed by atoms with Gasteiger partial charge in [0.05, 0.1) is 24.2 Å². The second kappa shape index (κ2) is 10.2. The first-order valence-corrected chi connectivity index (χ1v) is 12.9. The molecular formula is C29H26N4O8. The van der Waals surface area contributed by atoms with Crippen LogP contribution in [0.2, 0.25) is 0 Å². The van der Waals surface area contributed by atoms with E-state index in [2.05, 4.69) is 10.6 Å². The van der Waals surface area contributed by atoms with Gasteiger partial charge in [0, 0.05) is 29.4 Å². The summed E-state index contributed by atoms with van der Waals surface area (Å²) in [5.41, 5.74) is 1.79. The van der Waals surface area contributed by atoms with Gasteiger partial charge in [-0.05, 0) is 36.4 Å². The SMILES string of the molecule is CC(=O)N1C2CN3OC(O)(C(COC(=O)Nc4ccccc4)c4c(OC(=O)Nc5ccccc5)cc(C=O)cc43)C21. The summed E-state index contributed by atoms with van der Waals surface area (Å²) >= 11 is 0. The fourth-order valence-electron chi connectivity index (χ4n) is 5.58. The molecular weight excluding hydrogens is 532 g/mol. The molecule has 4 unspecified atom stereocenters. The van der Waals surface area contributed by atoms with Crippen LogP contribution in [0.15, 0.2) is 72.8 Å². The monoisotopic (exact) mass is 558 g/mol. The molecule has 3 aromatic rings. The molecule has 0 aromatic heterocycles. The molecule has 3 amide bonds. The molecule has 4 atom stereocenters. The first-order valence-electron chi connectivity index (χ1n) is 12.9. The summed E-state index contributed by atoms with van der Waals surface area (Å²) in [6.45, 7) is 1.20. The van der Waals surface area contributed by atoms with Crippen LogP contribution in [0.3, 0.4) is 0 Å². The summed E-state index contributed by atoms with van der Waals surface area (Å²) in [6, 6.07) is 19.1. The van der Waals surface area contributed by atoms with Gasteiger partial charge in [-0.1, -0.05) is 36.4 Å². The van der Waals surface area contributed by atoms with Crippen LogP contribution in [0, 0.1) is 0 Å². The summed E-state index contributed by atoms with van der Waals surface area (Å²) in [7, 11) is 0. The number of ether oxygens (including phenoxy) is 2. The molecule has 3 aliphatic heterocycles. The number of hydrogen-bond acceptors (Lipinski definition) is 9. The van der Waals surface area contributed by atoms with Crippen molar-refractivity contribution in [3.05, 3.63) is 83.9 Å². The van der Waals surface area contributed by atoms with Gasteiger partial charge in [0.2, 0.25) is 11.7 Å². The van der Waals surface area contributed by atoms with E-state index in [9.17, 15) is 24.3 Å². The lowest BCUT2D eigenvalue weighted by Crippen LogP contribution is -2.59. The maximum atomic E-state index is 12.9. The number of amides is 3. The largest absolute Gasteiger partial charge is 0.448 e. The number of carbonyl (C=O) groups excluding carboxylic acids is 4. The molecule has 0 saturated carbocycles. The van der Waals surface area contributed by atoms with Crippen molar-refractivity contribution in [1.82, 2.24) is 4.90 Å². The van der Waals surface area contributed by atoms with Gasteiger partial charge in [-0.2, -0.15) is 0 Å². The van der Waals surface area contributed by atoms with Crippen molar-refractivity contribution in [3.63, 3.8) is 0 Å². The van der Waals surface area contributed by atoms with E-state index < -0.39 is 36.5 Å². The number of benzene rings is 3. The van der Waals surface area contributed by atoms with Crippen molar-refractivity contribution in [1.29, 1.82) is 0 Å². The van der Waals surface area contributed by atoms with Crippen molar-refractivity contribution in [2.75, 3.05) is 28.8 Å². The molecule has 12 heteroatoms. The predicted molar refractivity (Wildman–Crippen MR) is 146 cm³/mol. The maximum Gasteiger partial charge on any atom is 0.417 e. The highest BCUT2D eigenvalue weighted by Crippen LogP contribution is 2.57. The Morgan fingerprint density at radius 3 is 2.27 bits per heavy atom. The van der Waals surface area contributed by atoms with Gasteiger partial charge < -0.3 is 19.5 Å². The Hall–Kier alpha value is -4.94. The van der Waals surface area contributed by atoms with E-state index >= 15 is 0 Å². The average molecular weight is 559 g/mol. The number of hydroxylamine groups is 1. The van der Waals surface area contributed by atoms with Crippen LogP contribution in [0.4, 0.5) is 26.7 Å². The van der Waals surface area contributed by atoms with Gasteiger partial charge in [0.15, 0.2) is 0 Å². The smallest absolute Gasteiger partial charge is 0.417 e. The summed E-state index contributed by atoms with van der Waals surface area (Å²) < 4.78 is 11.2. The van der Waals surface area contributed by atoms with E-state index in [1.165, 1.54) is 29.0 Å². The molecule has 210 valence electrons. The Bertz CT molecular complexity index is 1520. The highest BCUT2D eigenvalue weighted by Gasteiger charge is 2.71. The minimum atomic E-state index is -2.02. The van der Waals surface area contributed by atoms with E-state index in [0.717, 1.165) is 0 Å². The summed E-state index contributed by atoms with van der Waals surface area (Å²) in [6.07, 6.45) is -1.03. The molecule has 0 spiro atoms.